The summed E-state index contributed by atoms with van der Waals surface area (Å²) in [7, 11) is 0. The van der Waals surface area contributed by atoms with E-state index in [1.54, 1.807) is 12.1 Å². The minimum absolute atomic E-state index is 0.0336. The van der Waals surface area contributed by atoms with Gasteiger partial charge in [0.1, 0.15) is 11.4 Å². The van der Waals surface area contributed by atoms with E-state index in [9.17, 15) is 9.59 Å². The van der Waals surface area contributed by atoms with Crippen LogP contribution >= 0.6 is 0 Å². The molecule has 3 rings (SSSR count). The van der Waals surface area contributed by atoms with E-state index in [1.807, 2.05) is 24.3 Å². The molecule has 2 heterocycles. The molecular weight excluding hydrogens is 356 g/mol. The van der Waals surface area contributed by atoms with Crippen LogP contribution in [0.5, 0.6) is 0 Å². The first-order chi connectivity index (χ1) is 13.5. The fourth-order valence-electron chi connectivity index (χ4n) is 2.15. The first-order valence-electron chi connectivity index (χ1n) is 8.04. The molecule has 134 valence electrons. The highest BCUT2D eigenvalue weighted by Crippen LogP contribution is 2.05. The molecule has 3 aromatic rings. The highest BCUT2D eigenvalue weighted by Gasteiger charge is 2.03. The largest absolute Gasteiger partial charge is 0.477 e. The molecule has 0 spiro atoms. The molecular formula is C22H12N2O4. The molecule has 0 fully saturated rings. The van der Waals surface area contributed by atoms with Gasteiger partial charge in [-0.05, 0) is 42.5 Å². The van der Waals surface area contributed by atoms with Crippen molar-refractivity contribution in [3.05, 3.63) is 94.6 Å². The molecule has 0 aliphatic carbocycles. The zero-order valence-electron chi connectivity index (χ0n) is 14.4. The Hall–Kier alpha value is -4.42. The third kappa shape index (κ3) is 4.81. The summed E-state index contributed by atoms with van der Waals surface area (Å²) in [5.41, 5.74) is 2.63. The van der Waals surface area contributed by atoms with E-state index in [0.29, 0.717) is 11.1 Å². The summed E-state index contributed by atoms with van der Waals surface area (Å²) in [5.74, 6) is 9.65. The van der Waals surface area contributed by atoms with Gasteiger partial charge in [-0.2, -0.15) is 0 Å². The summed E-state index contributed by atoms with van der Waals surface area (Å²) < 4.78 is 0. The van der Waals surface area contributed by atoms with Crippen LogP contribution in [0.2, 0.25) is 0 Å². The molecule has 0 saturated carbocycles. The molecule has 1 aromatic carbocycles. The van der Waals surface area contributed by atoms with Crippen LogP contribution in [0.1, 0.15) is 43.2 Å². The Balaban J connectivity index is 1.76. The lowest BCUT2D eigenvalue weighted by Crippen LogP contribution is -1.99. The summed E-state index contributed by atoms with van der Waals surface area (Å²) in [5, 5.41) is 17.7. The van der Waals surface area contributed by atoms with E-state index in [0.717, 1.165) is 11.1 Å². The van der Waals surface area contributed by atoms with Gasteiger partial charge in [0.15, 0.2) is 0 Å². The number of pyridine rings is 2. The lowest BCUT2D eigenvalue weighted by atomic mass is 10.1. The van der Waals surface area contributed by atoms with Gasteiger partial charge in [-0.25, -0.2) is 19.6 Å². The molecule has 0 saturated heterocycles. The van der Waals surface area contributed by atoms with E-state index in [1.165, 1.54) is 24.5 Å². The van der Waals surface area contributed by atoms with Crippen molar-refractivity contribution in [3.8, 4) is 23.7 Å². The van der Waals surface area contributed by atoms with Gasteiger partial charge in [0, 0.05) is 34.6 Å². The first kappa shape index (κ1) is 18.4. The van der Waals surface area contributed by atoms with Crippen molar-refractivity contribution in [1.29, 1.82) is 0 Å². The number of aromatic nitrogens is 2. The van der Waals surface area contributed by atoms with Crippen molar-refractivity contribution < 1.29 is 19.8 Å². The van der Waals surface area contributed by atoms with Crippen LogP contribution in [0.25, 0.3) is 0 Å². The van der Waals surface area contributed by atoms with Crippen molar-refractivity contribution in [2.45, 2.75) is 0 Å². The summed E-state index contributed by atoms with van der Waals surface area (Å²) in [6.07, 6.45) is 2.82. The van der Waals surface area contributed by atoms with Crippen LogP contribution in [0.15, 0.2) is 60.9 Å². The Kier molecular flexibility index (Phi) is 5.45. The highest BCUT2D eigenvalue weighted by atomic mass is 16.4. The second kappa shape index (κ2) is 8.31. The molecule has 0 amide bonds. The number of benzene rings is 1. The van der Waals surface area contributed by atoms with E-state index in [2.05, 4.69) is 33.6 Å². The van der Waals surface area contributed by atoms with Gasteiger partial charge < -0.3 is 10.2 Å². The van der Waals surface area contributed by atoms with Crippen molar-refractivity contribution in [2.75, 3.05) is 0 Å². The number of hydrogen-bond acceptors (Lipinski definition) is 4. The summed E-state index contributed by atoms with van der Waals surface area (Å²) in [4.78, 5) is 29.2. The lowest BCUT2D eigenvalue weighted by molar-refractivity contribution is 0.0680. The van der Waals surface area contributed by atoms with Crippen molar-refractivity contribution in [2.24, 2.45) is 0 Å². The fourth-order valence-corrected chi connectivity index (χ4v) is 2.15. The number of carboxylic acid groups (broad SMARTS) is 2. The topological polar surface area (TPSA) is 100 Å². The average Bonchev–Trinajstić information content (AvgIpc) is 2.71. The smallest absolute Gasteiger partial charge is 0.354 e. The van der Waals surface area contributed by atoms with Crippen LogP contribution < -0.4 is 0 Å². The number of rotatable bonds is 2. The maximum absolute atomic E-state index is 10.8. The molecule has 0 aliphatic rings. The van der Waals surface area contributed by atoms with Crippen LogP contribution in [0, 0.1) is 23.7 Å². The molecule has 0 unspecified atom stereocenters. The Morgan fingerprint density at radius 3 is 1.43 bits per heavy atom. The highest BCUT2D eigenvalue weighted by molar-refractivity contribution is 5.85. The van der Waals surface area contributed by atoms with Gasteiger partial charge in [-0.1, -0.05) is 29.7 Å². The molecule has 0 atom stereocenters. The van der Waals surface area contributed by atoms with E-state index in [4.69, 9.17) is 10.2 Å². The summed E-state index contributed by atoms with van der Waals surface area (Å²) in [6.45, 7) is 0. The summed E-state index contributed by atoms with van der Waals surface area (Å²) >= 11 is 0. The number of carboxylic acids is 2. The fraction of sp³-hybridized carbons (Fsp3) is 0. The van der Waals surface area contributed by atoms with E-state index < -0.39 is 11.9 Å². The zero-order valence-corrected chi connectivity index (χ0v) is 14.4. The molecule has 2 N–H and O–H groups in total. The average molecular weight is 368 g/mol. The Morgan fingerprint density at radius 1 is 0.643 bits per heavy atom. The molecule has 2 aromatic heterocycles. The maximum atomic E-state index is 10.8. The number of carbonyl (C=O) groups is 2. The molecule has 6 nitrogen and oxygen atoms in total. The van der Waals surface area contributed by atoms with E-state index in [-0.39, 0.29) is 11.4 Å². The second-order valence-corrected chi connectivity index (χ2v) is 5.56. The summed E-state index contributed by atoms with van der Waals surface area (Å²) in [6, 6.07) is 13.3. The first-order valence-corrected chi connectivity index (χ1v) is 8.04. The Bertz CT molecular complexity index is 1070. The van der Waals surface area contributed by atoms with Gasteiger partial charge in [0.05, 0.1) is 0 Å². The monoisotopic (exact) mass is 368 g/mol. The third-order valence-corrected chi connectivity index (χ3v) is 3.53. The van der Waals surface area contributed by atoms with Crippen molar-refractivity contribution in [3.63, 3.8) is 0 Å². The van der Waals surface area contributed by atoms with Gasteiger partial charge in [0.2, 0.25) is 0 Å². The predicted molar refractivity (Wildman–Crippen MR) is 101 cm³/mol. The van der Waals surface area contributed by atoms with Crippen LogP contribution in [-0.2, 0) is 0 Å². The zero-order chi connectivity index (χ0) is 19.9. The van der Waals surface area contributed by atoms with Crippen molar-refractivity contribution >= 4 is 11.9 Å². The number of aromatic carboxylic acids is 2. The Morgan fingerprint density at radius 2 is 1.07 bits per heavy atom. The van der Waals surface area contributed by atoms with Crippen LogP contribution in [-0.4, -0.2) is 32.1 Å². The molecule has 0 aliphatic heterocycles. The standard InChI is InChI=1S/C22H12N2O4/c25-21(26)19-10-8-17(13-23-19)6-4-15-2-1-3-16(12-15)5-7-18-9-11-20(22(27)28)24-14-18/h1-3,8-14H,(H,25,26)(H,27,28). The molecule has 0 bridgehead atoms. The van der Waals surface area contributed by atoms with Gasteiger partial charge in [-0.3, -0.25) is 0 Å². The van der Waals surface area contributed by atoms with Crippen LogP contribution in [0.4, 0.5) is 0 Å². The molecule has 0 radical (unpaired) electrons. The SMILES string of the molecule is O=C(O)c1ccc(C#Cc2cccc(C#Cc3ccc(C(=O)O)nc3)c2)cn1. The van der Waals surface area contributed by atoms with Gasteiger partial charge >= 0.3 is 11.9 Å². The van der Waals surface area contributed by atoms with Crippen LogP contribution in [0.3, 0.4) is 0 Å². The van der Waals surface area contributed by atoms with Gasteiger partial charge in [0.25, 0.3) is 0 Å². The van der Waals surface area contributed by atoms with Crippen molar-refractivity contribution in [1.82, 2.24) is 9.97 Å². The molecule has 28 heavy (non-hydrogen) atoms. The van der Waals surface area contributed by atoms with Gasteiger partial charge in [-0.15, -0.1) is 0 Å². The predicted octanol–water partition coefficient (Wildman–Crippen LogP) is 2.67. The minimum Gasteiger partial charge on any atom is -0.477 e. The lowest BCUT2D eigenvalue weighted by Gasteiger charge is -1.95. The number of nitrogens with zero attached hydrogens (tertiary/aromatic N) is 2. The number of hydrogen-bond donors (Lipinski definition) is 2. The Labute approximate surface area is 160 Å². The maximum Gasteiger partial charge on any atom is 0.354 e. The quantitative estimate of drug-likeness (QED) is 0.675. The van der Waals surface area contributed by atoms with E-state index >= 15 is 0 Å². The molecule has 6 heteroatoms. The minimum atomic E-state index is -1.08. The third-order valence-electron chi connectivity index (χ3n) is 3.53. The normalized spacial score (nSPS) is 9.43. The second-order valence-electron chi connectivity index (χ2n) is 5.56.